The first-order chi connectivity index (χ1) is 10.1. The molecule has 3 aromatic rings. The lowest BCUT2D eigenvalue weighted by molar-refractivity contribution is 0.256. The van der Waals surface area contributed by atoms with E-state index >= 15 is 0 Å². The van der Waals surface area contributed by atoms with Crippen molar-refractivity contribution in [1.82, 2.24) is 15.2 Å². The Morgan fingerprint density at radius 2 is 2.19 bits per heavy atom. The number of rotatable bonds is 3. The van der Waals surface area contributed by atoms with Gasteiger partial charge in [0.15, 0.2) is 5.13 Å². The lowest BCUT2D eigenvalue weighted by atomic mass is 10.2. The number of hydrogen-bond donors (Lipinski definition) is 2. The van der Waals surface area contributed by atoms with Crippen molar-refractivity contribution >= 4 is 39.1 Å². The molecule has 108 valence electrons. The van der Waals surface area contributed by atoms with Crippen molar-refractivity contribution in [3.05, 3.63) is 35.5 Å². The van der Waals surface area contributed by atoms with Gasteiger partial charge in [-0.15, -0.1) is 11.3 Å². The summed E-state index contributed by atoms with van der Waals surface area (Å²) < 4.78 is 0. The molecule has 0 radical (unpaired) electrons. The van der Waals surface area contributed by atoms with Gasteiger partial charge in [-0.25, -0.2) is 14.7 Å². The number of carbonyl (C=O) groups is 1. The Hall–Kier alpha value is -2.41. The zero-order valence-electron chi connectivity index (χ0n) is 11.7. The number of thiazole rings is 1. The minimum atomic E-state index is -0.557. The normalized spacial score (nSPS) is 11.2. The predicted molar refractivity (Wildman–Crippen MR) is 84.0 cm³/mol. The van der Waals surface area contributed by atoms with Gasteiger partial charge in [-0.05, 0) is 24.1 Å². The molecule has 0 aliphatic carbocycles. The number of aromatic nitrogens is 3. The number of carbonyl (C=O) groups excluding carboxylic acids is 1. The number of aromatic amines is 1. The summed E-state index contributed by atoms with van der Waals surface area (Å²) in [5, 5.41) is 8.41. The molecular formula is C14H15N5OS. The van der Waals surface area contributed by atoms with E-state index in [-0.39, 0.29) is 0 Å². The van der Waals surface area contributed by atoms with Crippen LogP contribution in [0.4, 0.5) is 15.6 Å². The van der Waals surface area contributed by atoms with E-state index < -0.39 is 6.03 Å². The van der Waals surface area contributed by atoms with Gasteiger partial charge in [0.2, 0.25) is 0 Å². The highest BCUT2D eigenvalue weighted by Gasteiger charge is 2.20. The highest BCUT2D eigenvalue weighted by Crippen LogP contribution is 2.33. The Morgan fingerprint density at radius 3 is 2.86 bits per heavy atom. The predicted octanol–water partition coefficient (Wildman–Crippen LogP) is 3.36. The summed E-state index contributed by atoms with van der Waals surface area (Å²) in [5.41, 5.74) is 7.05. The molecule has 0 saturated heterocycles. The Labute approximate surface area is 125 Å². The fraction of sp³-hybridized carbons (Fsp3) is 0.214. The van der Waals surface area contributed by atoms with Crippen LogP contribution >= 0.6 is 11.3 Å². The summed E-state index contributed by atoms with van der Waals surface area (Å²) in [6.07, 6.45) is 3.52. The van der Waals surface area contributed by atoms with Crippen LogP contribution in [0.3, 0.4) is 0 Å². The molecule has 2 aromatic heterocycles. The van der Waals surface area contributed by atoms with Crippen LogP contribution in [-0.2, 0) is 0 Å². The molecule has 0 atom stereocenters. The SMILES string of the molecule is CC(C)c1cnc(N(C(N)=O)c2ccc3cn[nH]c3c2)s1. The third-order valence-electron chi connectivity index (χ3n) is 3.18. The largest absolute Gasteiger partial charge is 0.351 e. The van der Waals surface area contributed by atoms with Gasteiger partial charge >= 0.3 is 6.03 Å². The van der Waals surface area contributed by atoms with Crippen LogP contribution in [0, 0.1) is 0 Å². The van der Waals surface area contributed by atoms with Crippen molar-refractivity contribution < 1.29 is 4.79 Å². The van der Waals surface area contributed by atoms with Crippen LogP contribution in [-0.4, -0.2) is 21.2 Å². The second-order valence-corrected chi connectivity index (χ2v) is 6.06. The average molecular weight is 301 g/mol. The van der Waals surface area contributed by atoms with E-state index in [4.69, 9.17) is 5.73 Å². The lowest BCUT2D eigenvalue weighted by Gasteiger charge is -2.17. The number of hydrogen-bond acceptors (Lipinski definition) is 4. The zero-order valence-corrected chi connectivity index (χ0v) is 12.5. The molecule has 2 heterocycles. The molecule has 3 rings (SSSR count). The highest BCUT2D eigenvalue weighted by atomic mass is 32.1. The van der Waals surface area contributed by atoms with Gasteiger partial charge in [-0.2, -0.15) is 5.10 Å². The molecule has 0 aliphatic rings. The number of nitrogens with zero attached hydrogens (tertiary/aromatic N) is 3. The first kappa shape index (κ1) is 13.6. The molecule has 21 heavy (non-hydrogen) atoms. The van der Waals surface area contributed by atoms with Gasteiger partial charge in [-0.1, -0.05) is 13.8 Å². The van der Waals surface area contributed by atoms with Crippen molar-refractivity contribution in [3.63, 3.8) is 0 Å². The van der Waals surface area contributed by atoms with E-state index in [0.717, 1.165) is 15.8 Å². The zero-order chi connectivity index (χ0) is 15.0. The molecule has 2 amide bonds. The summed E-state index contributed by atoms with van der Waals surface area (Å²) in [6, 6.07) is 5.00. The fourth-order valence-corrected chi connectivity index (χ4v) is 2.99. The quantitative estimate of drug-likeness (QED) is 0.777. The third kappa shape index (κ3) is 2.47. The molecule has 0 spiro atoms. The number of primary amides is 1. The molecule has 0 aliphatic heterocycles. The number of nitrogens with one attached hydrogen (secondary N) is 1. The summed E-state index contributed by atoms with van der Waals surface area (Å²) in [5.74, 6) is 0.362. The molecule has 7 heteroatoms. The van der Waals surface area contributed by atoms with Crippen molar-refractivity contribution in [1.29, 1.82) is 0 Å². The summed E-state index contributed by atoms with van der Waals surface area (Å²) in [6.45, 7) is 4.17. The number of amides is 2. The van der Waals surface area contributed by atoms with Crippen molar-refractivity contribution in [3.8, 4) is 0 Å². The van der Waals surface area contributed by atoms with Gasteiger partial charge in [0, 0.05) is 16.5 Å². The Bertz CT molecular complexity index is 791. The molecule has 0 saturated carbocycles. The average Bonchev–Trinajstić information content (AvgIpc) is 3.06. The lowest BCUT2D eigenvalue weighted by Crippen LogP contribution is -2.31. The van der Waals surface area contributed by atoms with E-state index in [1.54, 1.807) is 12.4 Å². The van der Waals surface area contributed by atoms with Gasteiger partial charge in [0.05, 0.1) is 17.4 Å². The van der Waals surface area contributed by atoms with E-state index in [2.05, 4.69) is 29.0 Å². The van der Waals surface area contributed by atoms with E-state index in [1.165, 1.54) is 16.2 Å². The first-order valence-electron chi connectivity index (χ1n) is 6.54. The highest BCUT2D eigenvalue weighted by molar-refractivity contribution is 7.15. The molecule has 6 nitrogen and oxygen atoms in total. The van der Waals surface area contributed by atoms with Gasteiger partial charge in [-0.3, -0.25) is 5.10 Å². The van der Waals surface area contributed by atoms with Crippen LogP contribution in [0.2, 0.25) is 0 Å². The molecule has 0 bridgehead atoms. The van der Waals surface area contributed by atoms with E-state index in [9.17, 15) is 4.79 Å². The maximum absolute atomic E-state index is 11.8. The van der Waals surface area contributed by atoms with E-state index in [1.807, 2.05) is 18.2 Å². The molecule has 0 fully saturated rings. The first-order valence-corrected chi connectivity index (χ1v) is 7.36. The van der Waals surface area contributed by atoms with Crippen LogP contribution in [0.25, 0.3) is 10.9 Å². The number of urea groups is 1. The maximum atomic E-state index is 11.8. The summed E-state index contributed by atoms with van der Waals surface area (Å²) in [4.78, 5) is 18.7. The second kappa shape index (κ2) is 5.17. The fourth-order valence-electron chi connectivity index (χ4n) is 2.04. The van der Waals surface area contributed by atoms with Crippen molar-refractivity contribution in [2.45, 2.75) is 19.8 Å². The topological polar surface area (TPSA) is 87.9 Å². The number of anilines is 2. The minimum Gasteiger partial charge on any atom is -0.351 e. The van der Waals surface area contributed by atoms with Gasteiger partial charge < -0.3 is 5.73 Å². The minimum absolute atomic E-state index is 0.362. The number of nitrogens with two attached hydrogens (primary N) is 1. The molecule has 1 aromatic carbocycles. The van der Waals surface area contributed by atoms with Crippen molar-refractivity contribution in [2.24, 2.45) is 5.73 Å². The Kier molecular flexibility index (Phi) is 3.34. The third-order valence-corrected chi connectivity index (χ3v) is 4.46. The second-order valence-electron chi connectivity index (χ2n) is 5.02. The Balaban J connectivity index is 2.05. The van der Waals surface area contributed by atoms with Crippen molar-refractivity contribution in [2.75, 3.05) is 4.90 Å². The summed E-state index contributed by atoms with van der Waals surface area (Å²) in [7, 11) is 0. The number of fused-ring (bicyclic) bond motifs is 1. The van der Waals surface area contributed by atoms with Crippen LogP contribution in [0.5, 0.6) is 0 Å². The molecule has 0 unspecified atom stereocenters. The smallest absolute Gasteiger partial charge is 0.325 e. The van der Waals surface area contributed by atoms with Gasteiger partial charge in [0.1, 0.15) is 0 Å². The number of benzene rings is 1. The maximum Gasteiger partial charge on any atom is 0.325 e. The van der Waals surface area contributed by atoms with Gasteiger partial charge in [0.25, 0.3) is 0 Å². The van der Waals surface area contributed by atoms with Crippen LogP contribution in [0.15, 0.2) is 30.6 Å². The number of H-pyrrole nitrogens is 1. The monoisotopic (exact) mass is 301 g/mol. The standard InChI is InChI=1S/C14H15N5OS/c1-8(2)12-7-16-14(21-12)19(13(15)20)10-4-3-9-6-17-18-11(9)5-10/h3-8H,1-2H3,(H2,15,20)(H,17,18). The van der Waals surface area contributed by atoms with E-state index in [0.29, 0.717) is 16.7 Å². The molecule has 3 N–H and O–H groups in total. The molecular weight excluding hydrogens is 286 g/mol. The summed E-state index contributed by atoms with van der Waals surface area (Å²) >= 11 is 1.47. The Morgan fingerprint density at radius 1 is 1.38 bits per heavy atom. The van der Waals surface area contributed by atoms with Crippen LogP contribution < -0.4 is 10.6 Å². The van der Waals surface area contributed by atoms with Crippen LogP contribution in [0.1, 0.15) is 24.6 Å².